The van der Waals surface area contributed by atoms with Crippen molar-refractivity contribution < 1.29 is 18.0 Å². The van der Waals surface area contributed by atoms with Crippen LogP contribution in [0.3, 0.4) is 0 Å². The molecule has 3 rings (SSSR count). The molecule has 32 heavy (non-hydrogen) atoms. The maximum absolute atomic E-state index is 13.4. The van der Waals surface area contributed by atoms with E-state index in [4.69, 9.17) is 0 Å². The van der Waals surface area contributed by atoms with E-state index in [0.29, 0.717) is 42.3 Å². The highest BCUT2D eigenvalue weighted by atomic mass is 19.4. The second-order valence-electron chi connectivity index (χ2n) is 7.41. The smallest absolute Gasteiger partial charge is 0.336 e. The Morgan fingerprint density at radius 1 is 1.06 bits per heavy atom. The molecule has 0 aliphatic heterocycles. The summed E-state index contributed by atoms with van der Waals surface area (Å²) in [6.07, 6.45) is -0.514. The van der Waals surface area contributed by atoms with Gasteiger partial charge < -0.3 is 4.90 Å². The number of hydrogen-bond donors (Lipinski definition) is 0. The lowest BCUT2D eigenvalue weighted by atomic mass is 10.0. The van der Waals surface area contributed by atoms with Gasteiger partial charge in [-0.3, -0.25) is 4.79 Å². The lowest BCUT2D eigenvalue weighted by Crippen LogP contribution is -2.39. The molecular weight excluding hydrogens is 419 g/mol. The zero-order valence-electron chi connectivity index (χ0n) is 18.1. The van der Waals surface area contributed by atoms with Crippen molar-refractivity contribution in [3.63, 3.8) is 0 Å². The number of carbonyl (C=O) groups is 1. The summed E-state index contributed by atoms with van der Waals surface area (Å²) in [5.41, 5.74) is 0.914. The Morgan fingerprint density at radius 3 is 2.31 bits per heavy atom. The molecule has 0 unspecified atom stereocenters. The maximum Gasteiger partial charge on any atom is 0.419 e. The maximum atomic E-state index is 13.4. The predicted octanol–water partition coefficient (Wildman–Crippen LogP) is 4.74. The van der Waals surface area contributed by atoms with Crippen molar-refractivity contribution in [2.75, 3.05) is 6.54 Å². The van der Waals surface area contributed by atoms with Crippen LogP contribution in [0.5, 0.6) is 0 Å². The van der Waals surface area contributed by atoms with Gasteiger partial charge in [-0.25, -0.2) is 19.9 Å². The number of halogens is 3. The van der Waals surface area contributed by atoms with E-state index >= 15 is 0 Å². The fraction of sp³-hybridized carbons (Fsp3) is 0.348. The highest BCUT2D eigenvalue weighted by Gasteiger charge is 2.31. The van der Waals surface area contributed by atoms with Crippen LogP contribution in [-0.2, 0) is 12.6 Å². The molecule has 0 aliphatic carbocycles. The third-order valence-electron chi connectivity index (χ3n) is 5.14. The number of aromatic nitrogens is 4. The Hall–Kier alpha value is -3.36. The van der Waals surface area contributed by atoms with Gasteiger partial charge in [0.2, 0.25) is 0 Å². The van der Waals surface area contributed by atoms with Crippen LogP contribution in [0.2, 0.25) is 0 Å². The number of hydrogen-bond acceptors (Lipinski definition) is 5. The van der Waals surface area contributed by atoms with E-state index in [1.807, 2.05) is 44.2 Å². The second-order valence-corrected chi connectivity index (χ2v) is 7.41. The quantitative estimate of drug-likeness (QED) is 0.527. The molecule has 2 aromatic heterocycles. The van der Waals surface area contributed by atoms with E-state index < -0.39 is 11.7 Å². The molecule has 168 valence electrons. The number of alkyl halides is 3. The third kappa shape index (κ3) is 5.46. The van der Waals surface area contributed by atoms with Gasteiger partial charge in [0.25, 0.3) is 5.91 Å². The van der Waals surface area contributed by atoms with Gasteiger partial charge in [0, 0.05) is 43.2 Å². The highest BCUT2D eigenvalue weighted by Crippen LogP contribution is 2.28. The van der Waals surface area contributed by atoms with Gasteiger partial charge in [-0.1, -0.05) is 30.3 Å². The van der Waals surface area contributed by atoms with Crippen molar-refractivity contribution in [1.29, 1.82) is 0 Å². The molecule has 0 aliphatic rings. The highest BCUT2D eigenvalue weighted by molar-refractivity contribution is 5.99. The van der Waals surface area contributed by atoms with E-state index in [-0.39, 0.29) is 11.9 Å². The van der Waals surface area contributed by atoms with Crippen LogP contribution in [0, 0.1) is 6.92 Å². The van der Waals surface area contributed by atoms with E-state index in [1.54, 1.807) is 18.0 Å². The standard InChI is InChI=1S/C23H24F3N5O/c1-4-31(15(2)10-11-20-28-12-18(13-29-20)23(24,25)26)22(32)19-14-27-16(3)30-21(19)17-8-6-5-7-9-17/h5-9,12-15H,4,10-11H2,1-3H3/t15-/m0/s1. The number of aryl methyl sites for hydroxylation is 2. The predicted molar refractivity (Wildman–Crippen MR) is 114 cm³/mol. The second kappa shape index (κ2) is 9.84. The Kier molecular flexibility index (Phi) is 7.17. The van der Waals surface area contributed by atoms with Crippen LogP contribution in [0.15, 0.2) is 48.9 Å². The molecule has 2 heterocycles. The number of nitrogens with zero attached hydrogens (tertiary/aromatic N) is 5. The first-order valence-corrected chi connectivity index (χ1v) is 10.3. The first-order chi connectivity index (χ1) is 15.2. The van der Waals surface area contributed by atoms with E-state index in [1.165, 1.54) is 0 Å². The normalized spacial score (nSPS) is 12.4. The zero-order valence-corrected chi connectivity index (χ0v) is 18.1. The third-order valence-corrected chi connectivity index (χ3v) is 5.14. The van der Waals surface area contributed by atoms with Crippen LogP contribution in [0.4, 0.5) is 13.2 Å². The average molecular weight is 443 g/mol. The van der Waals surface area contributed by atoms with Crippen LogP contribution >= 0.6 is 0 Å². The number of benzene rings is 1. The summed E-state index contributed by atoms with van der Waals surface area (Å²) in [6, 6.07) is 9.24. The lowest BCUT2D eigenvalue weighted by Gasteiger charge is -2.28. The minimum atomic E-state index is -4.47. The Morgan fingerprint density at radius 2 is 1.72 bits per heavy atom. The van der Waals surface area contributed by atoms with Gasteiger partial charge >= 0.3 is 6.18 Å². The summed E-state index contributed by atoms with van der Waals surface area (Å²) in [6.45, 7) is 5.99. The van der Waals surface area contributed by atoms with Gasteiger partial charge in [-0.15, -0.1) is 0 Å². The van der Waals surface area contributed by atoms with Crippen molar-refractivity contribution in [3.05, 3.63) is 71.7 Å². The fourth-order valence-corrected chi connectivity index (χ4v) is 3.38. The van der Waals surface area contributed by atoms with Crippen molar-refractivity contribution in [3.8, 4) is 11.3 Å². The van der Waals surface area contributed by atoms with Crippen LogP contribution in [-0.4, -0.2) is 43.3 Å². The first-order valence-electron chi connectivity index (χ1n) is 10.3. The molecule has 0 N–H and O–H groups in total. The molecule has 1 atom stereocenters. The Labute approximate surface area is 184 Å². The average Bonchev–Trinajstić information content (AvgIpc) is 2.78. The summed E-state index contributed by atoms with van der Waals surface area (Å²) in [7, 11) is 0. The largest absolute Gasteiger partial charge is 0.419 e. The fourth-order valence-electron chi connectivity index (χ4n) is 3.38. The molecule has 0 spiro atoms. The molecule has 0 fully saturated rings. The molecule has 9 heteroatoms. The molecule has 0 bridgehead atoms. The molecule has 0 radical (unpaired) electrons. The Balaban J connectivity index is 1.76. The Bertz CT molecular complexity index is 1060. The van der Waals surface area contributed by atoms with Crippen LogP contribution < -0.4 is 0 Å². The number of amides is 1. The summed E-state index contributed by atoms with van der Waals surface area (Å²) >= 11 is 0. The van der Waals surface area contributed by atoms with Crippen LogP contribution in [0.1, 0.15) is 47.8 Å². The van der Waals surface area contributed by atoms with Crippen molar-refractivity contribution in [1.82, 2.24) is 24.8 Å². The van der Waals surface area contributed by atoms with Crippen molar-refractivity contribution in [2.45, 2.75) is 45.8 Å². The minimum absolute atomic E-state index is 0.191. The molecule has 0 saturated heterocycles. The molecular formula is C23H24F3N5O. The van der Waals surface area contributed by atoms with E-state index in [0.717, 1.165) is 18.0 Å². The monoisotopic (exact) mass is 443 g/mol. The first kappa shape index (κ1) is 23.3. The summed E-state index contributed by atoms with van der Waals surface area (Å²) in [4.78, 5) is 31.4. The van der Waals surface area contributed by atoms with Gasteiger partial charge in [0.05, 0.1) is 16.8 Å². The number of carbonyl (C=O) groups excluding carboxylic acids is 1. The topological polar surface area (TPSA) is 71.9 Å². The van der Waals surface area contributed by atoms with Crippen molar-refractivity contribution >= 4 is 5.91 Å². The van der Waals surface area contributed by atoms with Gasteiger partial charge in [-0.2, -0.15) is 13.2 Å². The zero-order chi connectivity index (χ0) is 23.3. The SMILES string of the molecule is CCN(C(=O)c1cnc(C)nc1-c1ccccc1)[C@@H](C)CCc1ncc(C(F)(F)F)cn1. The van der Waals surface area contributed by atoms with Gasteiger partial charge in [-0.05, 0) is 27.2 Å². The van der Waals surface area contributed by atoms with Gasteiger partial charge in [0.15, 0.2) is 0 Å². The molecule has 1 amide bonds. The molecule has 6 nitrogen and oxygen atoms in total. The van der Waals surface area contributed by atoms with E-state index in [2.05, 4.69) is 19.9 Å². The molecule has 3 aromatic rings. The van der Waals surface area contributed by atoms with Gasteiger partial charge in [0.1, 0.15) is 11.6 Å². The summed E-state index contributed by atoms with van der Waals surface area (Å²) in [5, 5.41) is 0. The van der Waals surface area contributed by atoms with Crippen molar-refractivity contribution in [2.24, 2.45) is 0 Å². The minimum Gasteiger partial charge on any atom is -0.336 e. The van der Waals surface area contributed by atoms with Crippen LogP contribution in [0.25, 0.3) is 11.3 Å². The summed E-state index contributed by atoms with van der Waals surface area (Å²) < 4.78 is 38.0. The van der Waals surface area contributed by atoms with E-state index in [9.17, 15) is 18.0 Å². The number of rotatable bonds is 7. The lowest BCUT2D eigenvalue weighted by molar-refractivity contribution is -0.138. The molecule has 0 saturated carbocycles. The molecule has 1 aromatic carbocycles. The summed E-state index contributed by atoms with van der Waals surface area (Å²) in [5.74, 6) is 0.667.